The minimum Gasteiger partial charge on any atom is -0.446 e. The Bertz CT molecular complexity index is 1100. The number of halogens is 3. The highest BCUT2D eigenvalue weighted by molar-refractivity contribution is 5.73. The minimum atomic E-state index is -4.75. The van der Waals surface area contributed by atoms with E-state index in [1.807, 2.05) is 0 Å². The van der Waals surface area contributed by atoms with Crippen LogP contribution in [0, 0.1) is 12.3 Å². The van der Waals surface area contributed by atoms with Crippen LogP contribution >= 0.6 is 0 Å². The molecule has 0 saturated heterocycles. The number of hydrogen-bond acceptors (Lipinski definition) is 5. The van der Waals surface area contributed by atoms with Crippen molar-refractivity contribution in [3.8, 4) is 35.2 Å². The number of benzene rings is 2. The quantitative estimate of drug-likeness (QED) is 0.431. The monoisotopic (exact) mass is 429 g/mol. The first kappa shape index (κ1) is 21.9. The zero-order valence-electron chi connectivity index (χ0n) is 16.7. The predicted octanol–water partition coefficient (Wildman–Crippen LogP) is 4.33. The van der Waals surface area contributed by atoms with Gasteiger partial charge in [-0.25, -0.2) is 9.67 Å². The van der Waals surface area contributed by atoms with E-state index in [0.717, 1.165) is 5.56 Å². The second-order valence-electron chi connectivity index (χ2n) is 7.06. The van der Waals surface area contributed by atoms with Gasteiger partial charge in [-0.05, 0) is 43.7 Å². The van der Waals surface area contributed by atoms with E-state index in [1.54, 1.807) is 38.1 Å². The molecule has 0 amide bonds. The highest BCUT2D eigenvalue weighted by Crippen LogP contribution is 2.24. The Morgan fingerprint density at radius 2 is 1.74 bits per heavy atom. The number of hydrogen-bond donors (Lipinski definition) is 0. The third-order valence-corrected chi connectivity index (χ3v) is 4.10. The number of ether oxygens (including phenoxy) is 2. The van der Waals surface area contributed by atoms with Crippen molar-refractivity contribution in [3.63, 3.8) is 0 Å². The smallest absolute Gasteiger partial charge is 0.446 e. The summed E-state index contributed by atoms with van der Waals surface area (Å²) in [5, 5.41) is 4.33. The molecule has 9 heteroatoms. The van der Waals surface area contributed by atoms with Crippen LogP contribution in [0.2, 0.25) is 0 Å². The Labute approximate surface area is 176 Å². The van der Waals surface area contributed by atoms with Gasteiger partial charge in [-0.1, -0.05) is 30.2 Å². The van der Waals surface area contributed by atoms with E-state index in [4.69, 9.17) is 11.2 Å². The molecule has 1 heterocycles. The molecule has 3 aromatic rings. The number of carbonyl (C=O) groups is 1. The maximum Gasteiger partial charge on any atom is 0.573 e. The fourth-order valence-electron chi connectivity index (χ4n) is 2.61. The van der Waals surface area contributed by atoms with E-state index in [0.29, 0.717) is 17.1 Å². The summed E-state index contributed by atoms with van der Waals surface area (Å²) in [7, 11) is 0. The van der Waals surface area contributed by atoms with E-state index >= 15 is 0 Å². The molecule has 0 atom stereocenters. The van der Waals surface area contributed by atoms with Gasteiger partial charge in [-0.2, -0.15) is 0 Å². The molecule has 0 aliphatic carbocycles. The van der Waals surface area contributed by atoms with Crippen LogP contribution < -0.4 is 4.74 Å². The van der Waals surface area contributed by atoms with E-state index in [1.165, 1.54) is 35.3 Å². The van der Waals surface area contributed by atoms with Gasteiger partial charge in [0.05, 0.1) is 12.1 Å². The lowest BCUT2D eigenvalue weighted by Crippen LogP contribution is -2.26. The van der Waals surface area contributed by atoms with Crippen molar-refractivity contribution < 1.29 is 27.4 Å². The van der Waals surface area contributed by atoms with Crippen LogP contribution in [0.5, 0.6) is 5.75 Å². The van der Waals surface area contributed by atoms with Crippen molar-refractivity contribution in [1.29, 1.82) is 0 Å². The van der Waals surface area contributed by atoms with Gasteiger partial charge in [0.15, 0.2) is 11.4 Å². The number of esters is 1. The summed E-state index contributed by atoms with van der Waals surface area (Å²) < 4.78 is 47.3. The van der Waals surface area contributed by atoms with Crippen LogP contribution in [0.1, 0.15) is 19.4 Å². The molecule has 6 nitrogen and oxygen atoms in total. The molecule has 160 valence electrons. The molecular formula is C22H18F3N3O3. The van der Waals surface area contributed by atoms with E-state index in [9.17, 15) is 18.0 Å². The zero-order valence-corrected chi connectivity index (χ0v) is 16.7. The van der Waals surface area contributed by atoms with Gasteiger partial charge in [-0.15, -0.1) is 24.7 Å². The maximum absolute atomic E-state index is 12.3. The summed E-state index contributed by atoms with van der Waals surface area (Å²) in [4.78, 5) is 16.2. The summed E-state index contributed by atoms with van der Waals surface area (Å²) in [6, 6.07) is 12.3. The van der Waals surface area contributed by atoms with Gasteiger partial charge in [0, 0.05) is 5.56 Å². The van der Waals surface area contributed by atoms with E-state index < -0.39 is 17.9 Å². The number of nitrogens with zero attached hydrogens (tertiary/aromatic N) is 3. The van der Waals surface area contributed by atoms with Gasteiger partial charge in [0.25, 0.3) is 0 Å². The van der Waals surface area contributed by atoms with Crippen LogP contribution in [0.4, 0.5) is 13.2 Å². The van der Waals surface area contributed by atoms with Crippen molar-refractivity contribution in [3.05, 3.63) is 60.4 Å². The molecule has 1 aromatic heterocycles. The second kappa shape index (κ2) is 8.52. The Morgan fingerprint density at radius 3 is 2.32 bits per heavy atom. The van der Waals surface area contributed by atoms with Crippen LogP contribution in [0.3, 0.4) is 0 Å². The molecule has 3 rings (SSSR count). The lowest BCUT2D eigenvalue weighted by Gasteiger charge is -2.18. The fourth-order valence-corrected chi connectivity index (χ4v) is 2.61. The van der Waals surface area contributed by atoms with Crippen molar-refractivity contribution in [2.24, 2.45) is 0 Å². The molecule has 0 aliphatic rings. The summed E-state index contributed by atoms with van der Waals surface area (Å²) >= 11 is 0. The number of carbonyl (C=O) groups excluding carboxylic acids is 1. The highest BCUT2D eigenvalue weighted by Gasteiger charge is 2.31. The molecule has 0 bridgehead atoms. The third-order valence-electron chi connectivity index (χ3n) is 4.10. The van der Waals surface area contributed by atoms with Gasteiger partial charge >= 0.3 is 12.3 Å². The minimum absolute atomic E-state index is 0.0691. The number of alkyl halides is 3. The first-order valence-corrected chi connectivity index (χ1v) is 9.11. The Kier molecular flexibility index (Phi) is 6.02. The van der Waals surface area contributed by atoms with Gasteiger partial charge in [-0.3, -0.25) is 4.79 Å². The Balaban J connectivity index is 1.67. The summed E-state index contributed by atoms with van der Waals surface area (Å²) in [5.74, 6) is 2.06. The molecule has 2 aromatic carbocycles. The van der Waals surface area contributed by atoms with Crippen LogP contribution in [-0.2, 0) is 16.0 Å². The molecule has 0 radical (unpaired) electrons. The van der Waals surface area contributed by atoms with Crippen molar-refractivity contribution >= 4 is 5.97 Å². The third kappa shape index (κ3) is 6.09. The molecule has 0 N–H and O–H groups in total. The van der Waals surface area contributed by atoms with Crippen LogP contribution in [0.15, 0.2) is 54.9 Å². The lowest BCUT2D eigenvalue weighted by molar-refractivity contribution is -0.274. The molecular weight excluding hydrogens is 411 g/mol. The lowest BCUT2D eigenvalue weighted by atomic mass is 10.1. The molecule has 0 fully saturated rings. The SMILES string of the molecule is C#CC(C)(C)OC(=O)Cc1ccc(-c2ncn(-c3ccc(OC(F)(F)F)cc3)n2)cc1. The number of aromatic nitrogens is 3. The predicted molar refractivity (Wildman–Crippen MR) is 106 cm³/mol. The molecule has 0 saturated carbocycles. The summed E-state index contributed by atoms with van der Waals surface area (Å²) in [6.07, 6.45) is 2.08. The number of rotatable bonds is 6. The van der Waals surface area contributed by atoms with Gasteiger partial charge < -0.3 is 9.47 Å². The standard InChI is InChI=1S/C22H18F3N3O3/c1-4-21(2,3)31-19(29)13-15-5-7-16(8-6-15)20-26-14-28(27-20)17-9-11-18(12-10-17)30-22(23,24)25/h1,5-12,14H,13H2,2-3H3. The first-order chi connectivity index (χ1) is 14.5. The van der Waals surface area contributed by atoms with Gasteiger partial charge in [0.2, 0.25) is 0 Å². The second-order valence-corrected chi connectivity index (χ2v) is 7.06. The van der Waals surface area contributed by atoms with Gasteiger partial charge in [0.1, 0.15) is 12.1 Å². The van der Waals surface area contributed by atoms with E-state index in [2.05, 4.69) is 20.7 Å². The first-order valence-electron chi connectivity index (χ1n) is 9.11. The average Bonchev–Trinajstić information content (AvgIpc) is 3.17. The molecule has 0 aliphatic heterocycles. The summed E-state index contributed by atoms with van der Waals surface area (Å²) in [5.41, 5.74) is 0.993. The van der Waals surface area contributed by atoms with Crippen LogP contribution in [-0.4, -0.2) is 32.7 Å². The largest absolute Gasteiger partial charge is 0.573 e. The Hall–Kier alpha value is -3.80. The average molecular weight is 429 g/mol. The van der Waals surface area contributed by atoms with Crippen LogP contribution in [0.25, 0.3) is 17.1 Å². The normalized spacial score (nSPS) is 11.6. The van der Waals surface area contributed by atoms with E-state index in [-0.39, 0.29) is 12.2 Å². The molecule has 0 unspecified atom stereocenters. The summed E-state index contributed by atoms with van der Waals surface area (Å²) in [6.45, 7) is 3.26. The van der Waals surface area contributed by atoms with Crippen molar-refractivity contribution in [2.75, 3.05) is 0 Å². The zero-order chi connectivity index (χ0) is 22.6. The van der Waals surface area contributed by atoms with Crippen molar-refractivity contribution in [1.82, 2.24) is 14.8 Å². The van der Waals surface area contributed by atoms with Crippen molar-refractivity contribution in [2.45, 2.75) is 32.2 Å². The topological polar surface area (TPSA) is 66.2 Å². The highest BCUT2D eigenvalue weighted by atomic mass is 19.4. The maximum atomic E-state index is 12.3. The number of terminal acetylenes is 1. The Morgan fingerprint density at radius 1 is 1.10 bits per heavy atom. The fraction of sp³-hybridized carbons (Fsp3) is 0.227. The molecule has 31 heavy (non-hydrogen) atoms. The molecule has 0 spiro atoms.